The van der Waals surface area contributed by atoms with Gasteiger partial charge in [-0.3, -0.25) is 0 Å². The topological polar surface area (TPSA) is 59.1 Å². The fourth-order valence-corrected chi connectivity index (χ4v) is 0.809. The van der Waals surface area contributed by atoms with E-state index in [1.54, 1.807) is 12.3 Å². The van der Waals surface area contributed by atoms with E-state index in [2.05, 4.69) is 4.98 Å². The minimum Gasteiger partial charge on any atom is -0.396 e. The van der Waals surface area contributed by atoms with Crippen molar-refractivity contribution < 1.29 is 5.11 Å². The van der Waals surface area contributed by atoms with Crippen LogP contribution in [0.25, 0.3) is 6.08 Å². The van der Waals surface area contributed by atoms with Crippen molar-refractivity contribution in [1.82, 2.24) is 4.98 Å². The molecule has 0 amide bonds. The van der Waals surface area contributed by atoms with E-state index in [4.69, 9.17) is 10.8 Å². The van der Waals surface area contributed by atoms with Crippen LogP contribution in [-0.2, 0) is 0 Å². The van der Waals surface area contributed by atoms with Crippen molar-refractivity contribution in [3.63, 3.8) is 0 Å². The fourth-order valence-electron chi connectivity index (χ4n) is 0.809. The number of aromatic nitrogens is 1. The van der Waals surface area contributed by atoms with Gasteiger partial charge in [-0.15, -0.1) is 0 Å². The summed E-state index contributed by atoms with van der Waals surface area (Å²) in [5, 5.41) is 8.50. The van der Waals surface area contributed by atoms with Crippen LogP contribution in [0, 0.1) is 0 Å². The average Bonchev–Trinajstić information content (AvgIpc) is 2.09. The Kier molecular flexibility index (Phi) is 3.29. The number of aliphatic hydroxyl groups is 1. The van der Waals surface area contributed by atoms with E-state index >= 15 is 0 Å². The van der Waals surface area contributed by atoms with Crippen molar-refractivity contribution in [2.45, 2.75) is 6.42 Å². The fraction of sp³-hybridized carbons (Fsp3) is 0.222. The lowest BCUT2D eigenvalue weighted by Gasteiger charge is -1.93. The molecule has 0 aliphatic rings. The van der Waals surface area contributed by atoms with E-state index in [9.17, 15) is 0 Å². The van der Waals surface area contributed by atoms with Crippen LogP contribution in [0.15, 0.2) is 24.4 Å². The second-order valence-corrected chi connectivity index (χ2v) is 2.43. The summed E-state index contributed by atoms with van der Waals surface area (Å²) in [5.41, 5.74) is 6.40. The third-order valence-corrected chi connectivity index (χ3v) is 1.42. The minimum absolute atomic E-state index is 0.179. The van der Waals surface area contributed by atoms with Gasteiger partial charge in [-0.05, 0) is 24.1 Å². The number of hydrogen-bond donors (Lipinski definition) is 2. The Bertz CT molecular complexity index is 254. The predicted molar refractivity (Wildman–Crippen MR) is 49.4 cm³/mol. The molecule has 3 N–H and O–H groups in total. The van der Waals surface area contributed by atoms with Crippen LogP contribution in [-0.4, -0.2) is 16.7 Å². The van der Waals surface area contributed by atoms with Crippen LogP contribution in [0.3, 0.4) is 0 Å². The molecule has 1 rings (SSSR count). The van der Waals surface area contributed by atoms with Gasteiger partial charge in [-0.2, -0.15) is 0 Å². The lowest BCUT2D eigenvalue weighted by Crippen LogP contribution is -1.88. The van der Waals surface area contributed by atoms with E-state index in [1.165, 1.54) is 0 Å². The summed E-state index contributed by atoms with van der Waals surface area (Å²) in [7, 11) is 0. The molecule has 0 saturated heterocycles. The van der Waals surface area contributed by atoms with E-state index in [0.717, 1.165) is 5.56 Å². The first-order valence-corrected chi connectivity index (χ1v) is 3.82. The SMILES string of the molecule is Nc1ccc(C=CCCO)cn1. The molecule has 3 nitrogen and oxygen atoms in total. The third-order valence-electron chi connectivity index (χ3n) is 1.42. The zero-order valence-corrected chi connectivity index (χ0v) is 6.77. The Morgan fingerprint density at radius 2 is 2.33 bits per heavy atom. The second-order valence-electron chi connectivity index (χ2n) is 2.43. The molecule has 0 spiro atoms. The first kappa shape index (κ1) is 8.74. The quantitative estimate of drug-likeness (QED) is 0.702. The summed E-state index contributed by atoms with van der Waals surface area (Å²) < 4.78 is 0. The number of nitrogens with two attached hydrogens (primary N) is 1. The molecule has 1 aromatic rings. The lowest BCUT2D eigenvalue weighted by molar-refractivity contribution is 0.303. The number of nitrogens with zero attached hydrogens (tertiary/aromatic N) is 1. The molecular formula is C9H12N2O. The van der Waals surface area contributed by atoms with Crippen molar-refractivity contribution in [1.29, 1.82) is 0 Å². The maximum absolute atomic E-state index is 8.50. The van der Waals surface area contributed by atoms with Gasteiger partial charge >= 0.3 is 0 Å². The lowest BCUT2D eigenvalue weighted by atomic mass is 10.2. The monoisotopic (exact) mass is 164 g/mol. The highest BCUT2D eigenvalue weighted by molar-refractivity contribution is 5.49. The number of anilines is 1. The summed E-state index contributed by atoms with van der Waals surface area (Å²) in [4.78, 5) is 3.92. The van der Waals surface area contributed by atoms with Gasteiger partial charge in [0.15, 0.2) is 0 Å². The van der Waals surface area contributed by atoms with Crippen molar-refractivity contribution >= 4 is 11.9 Å². The largest absolute Gasteiger partial charge is 0.396 e. The van der Waals surface area contributed by atoms with Crippen LogP contribution >= 0.6 is 0 Å². The van der Waals surface area contributed by atoms with Gasteiger partial charge in [0.25, 0.3) is 0 Å². The summed E-state index contributed by atoms with van der Waals surface area (Å²) in [6, 6.07) is 3.63. The van der Waals surface area contributed by atoms with Crippen LogP contribution in [0.4, 0.5) is 5.82 Å². The van der Waals surface area contributed by atoms with Crippen LogP contribution in [0.1, 0.15) is 12.0 Å². The summed E-state index contributed by atoms with van der Waals surface area (Å²) in [6.45, 7) is 0.179. The van der Waals surface area contributed by atoms with E-state index in [0.29, 0.717) is 12.2 Å². The molecule has 0 unspecified atom stereocenters. The van der Waals surface area contributed by atoms with Crippen LogP contribution in [0.5, 0.6) is 0 Å². The summed E-state index contributed by atoms with van der Waals surface area (Å²) in [6.07, 6.45) is 6.17. The molecule has 0 radical (unpaired) electrons. The number of nitrogen functional groups attached to an aromatic ring is 1. The highest BCUT2D eigenvalue weighted by atomic mass is 16.2. The molecule has 1 aromatic heterocycles. The first-order valence-electron chi connectivity index (χ1n) is 3.82. The van der Waals surface area contributed by atoms with Gasteiger partial charge in [0.05, 0.1) is 0 Å². The molecule has 0 aliphatic heterocycles. The Balaban J connectivity index is 2.58. The Hall–Kier alpha value is -1.35. The highest BCUT2D eigenvalue weighted by Gasteiger charge is 1.86. The van der Waals surface area contributed by atoms with Gasteiger partial charge in [0, 0.05) is 12.8 Å². The van der Waals surface area contributed by atoms with Crippen molar-refractivity contribution in [2.75, 3.05) is 12.3 Å². The Labute approximate surface area is 71.6 Å². The minimum atomic E-state index is 0.179. The van der Waals surface area contributed by atoms with E-state index in [-0.39, 0.29) is 6.61 Å². The first-order chi connectivity index (χ1) is 5.83. The molecule has 0 aliphatic carbocycles. The number of hydrogen-bond acceptors (Lipinski definition) is 3. The van der Waals surface area contributed by atoms with Gasteiger partial charge in [-0.1, -0.05) is 12.2 Å². The molecule has 0 fully saturated rings. The van der Waals surface area contributed by atoms with Gasteiger partial charge < -0.3 is 10.8 Å². The van der Waals surface area contributed by atoms with Gasteiger partial charge in [-0.25, -0.2) is 4.98 Å². The number of pyridine rings is 1. The summed E-state index contributed by atoms with van der Waals surface area (Å²) in [5.74, 6) is 0.523. The molecule has 0 bridgehead atoms. The van der Waals surface area contributed by atoms with Crippen molar-refractivity contribution in [2.24, 2.45) is 0 Å². The van der Waals surface area contributed by atoms with E-state index in [1.807, 2.05) is 18.2 Å². The standard InChI is InChI=1S/C9H12N2O/c10-9-5-4-8(7-11-9)3-1-2-6-12/h1,3-5,7,12H,2,6H2,(H2,10,11). The highest BCUT2D eigenvalue weighted by Crippen LogP contribution is 2.03. The van der Waals surface area contributed by atoms with Crippen molar-refractivity contribution in [3.8, 4) is 0 Å². The number of aliphatic hydroxyl groups excluding tert-OH is 1. The maximum atomic E-state index is 8.50. The maximum Gasteiger partial charge on any atom is 0.123 e. The summed E-state index contributed by atoms with van der Waals surface area (Å²) >= 11 is 0. The molecule has 12 heavy (non-hydrogen) atoms. The van der Waals surface area contributed by atoms with Crippen LogP contribution in [0.2, 0.25) is 0 Å². The molecule has 0 atom stereocenters. The molecule has 64 valence electrons. The zero-order valence-electron chi connectivity index (χ0n) is 6.77. The van der Waals surface area contributed by atoms with Crippen molar-refractivity contribution in [3.05, 3.63) is 30.0 Å². The molecule has 0 aromatic carbocycles. The zero-order chi connectivity index (χ0) is 8.81. The molecule has 3 heteroatoms. The molecule has 0 saturated carbocycles. The van der Waals surface area contributed by atoms with E-state index < -0.39 is 0 Å². The Morgan fingerprint density at radius 3 is 2.92 bits per heavy atom. The normalized spacial score (nSPS) is 10.8. The van der Waals surface area contributed by atoms with Gasteiger partial charge in [0.2, 0.25) is 0 Å². The van der Waals surface area contributed by atoms with Gasteiger partial charge in [0.1, 0.15) is 5.82 Å². The number of rotatable bonds is 3. The smallest absolute Gasteiger partial charge is 0.123 e. The van der Waals surface area contributed by atoms with Crippen LogP contribution < -0.4 is 5.73 Å². The Morgan fingerprint density at radius 1 is 1.50 bits per heavy atom. The predicted octanol–water partition coefficient (Wildman–Crippen LogP) is 1.06. The molecular weight excluding hydrogens is 152 g/mol. The second kappa shape index (κ2) is 4.51. The third kappa shape index (κ3) is 2.72. The molecule has 1 heterocycles. The average molecular weight is 164 g/mol.